The highest BCUT2D eigenvalue weighted by atomic mass is 16.1. The Balaban J connectivity index is 1.42. The van der Waals surface area contributed by atoms with E-state index in [1.54, 1.807) is 12.3 Å². The highest BCUT2D eigenvalue weighted by Crippen LogP contribution is 2.25. The number of carbonyl (C=O) groups is 1. The van der Waals surface area contributed by atoms with E-state index in [9.17, 15) is 4.79 Å². The van der Waals surface area contributed by atoms with Gasteiger partial charge in [-0.2, -0.15) is 10.2 Å². The van der Waals surface area contributed by atoms with Crippen molar-refractivity contribution in [1.29, 1.82) is 0 Å². The fourth-order valence-corrected chi connectivity index (χ4v) is 3.59. The molecule has 0 aliphatic carbocycles. The number of hydrogen-bond acceptors (Lipinski definition) is 4. The maximum atomic E-state index is 12.6. The summed E-state index contributed by atoms with van der Waals surface area (Å²) in [6, 6.07) is 9.95. The highest BCUT2D eigenvalue weighted by molar-refractivity contribution is 5.93. The molecule has 1 amide bonds. The number of aromatic amines is 1. The smallest absolute Gasteiger partial charge is 0.269 e. The number of hydrogen-bond donors (Lipinski definition) is 2. The van der Waals surface area contributed by atoms with E-state index >= 15 is 0 Å². The molecule has 0 aliphatic rings. The summed E-state index contributed by atoms with van der Waals surface area (Å²) in [6.07, 6.45) is 3.76. The molecule has 30 heavy (non-hydrogen) atoms. The van der Waals surface area contributed by atoms with E-state index in [1.165, 1.54) is 0 Å². The lowest BCUT2D eigenvalue weighted by atomic mass is 10.1. The Kier molecular flexibility index (Phi) is 5.22. The minimum absolute atomic E-state index is 0.191. The summed E-state index contributed by atoms with van der Waals surface area (Å²) < 4.78 is 3.91. The zero-order chi connectivity index (χ0) is 21.3. The van der Waals surface area contributed by atoms with E-state index in [-0.39, 0.29) is 5.91 Å². The molecular weight excluding hydrogens is 378 g/mol. The number of rotatable bonds is 6. The molecule has 0 unspecified atom stereocenters. The summed E-state index contributed by atoms with van der Waals surface area (Å²) in [7, 11) is 1.90. The van der Waals surface area contributed by atoms with E-state index in [0.717, 1.165) is 46.1 Å². The van der Waals surface area contributed by atoms with E-state index < -0.39 is 0 Å². The molecule has 0 saturated carbocycles. The average molecular weight is 403 g/mol. The van der Waals surface area contributed by atoms with Gasteiger partial charge in [0.15, 0.2) is 0 Å². The summed E-state index contributed by atoms with van der Waals surface area (Å²) in [5.74, 6) is 0.784. The third-order valence-corrected chi connectivity index (χ3v) is 5.31. The van der Waals surface area contributed by atoms with Gasteiger partial charge in [0.25, 0.3) is 5.91 Å². The van der Waals surface area contributed by atoms with Crippen LogP contribution in [0.3, 0.4) is 0 Å². The number of nitrogens with zero attached hydrogens (tertiary/aromatic N) is 5. The molecule has 0 spiro atoms. The fraction of sp³-hybridized carbons (Fsp3) is 0.273. The number of aryl methyl sites for hydroxylation is 3. The van der Waals surface area contributed by atoms with Crippen molar-refractivity contribution < 1.29 is 4.79 Å². The molecule has 2 N–H and O–H groups in total. The molecule has 8 heteroatoms. The second-order valence-electron chi connectivity index (χ2n) is 7.44. The van der Waals surface area contributed by atoms with Crippen LogP contribution in [-0.4, -0.2) is 35.4 Å². The van der Waals surface area contributed by atoms with Crippen LogP contribution < -0.4 is 5.32 Å². The monoisotopic (exact) mass is 403 g/mol. The summed E-state index contributed by atoms with van der Waals surface area (Å²) in [5.41, 5.74) is 6.20. The summed E-state index contributed by atoms with van der Waals surface area (Å²) in [5, 5.41) is 14.5. The summed E-state index contributed by atoms with van der Waals surface area (Å²) in [4.78, 5) is 16.9. The standard InChI is InChI=1S/C22H25N7O/c1-14-21(15(2)28(4)27-14)19-11-20(26-25-19)22(30)24-12-17-6-5-7-18(10-17)13-29-9-8-23-16(29)3/h5-11H,12-13H2,1-4H3,(H,24,30)(H,25,26). The third-order valence-electron chi connectivity index (χ3n) is 5.31. The fourth-order valence-electron chi connectivity index (χ4n) is 3.59. The van der Waals surface area contributed by atoms with Crippen LogP contribution in [0.25, 0.3) is 11.3 Å². The lowest BCUT2D eigenvalue weighted by Gasteiger charge is -2.08. The largest absolute Gasteiger partial charge is 0.347 e. The second-order valence-corrected chi connectivity index (χ2v) is 7.44. The normalized spacial score (nSPS) is 11.1. The molecule has 0 fully saturated rings. The molecule has 0 saturated heterocycles. The number of carbonyl (C=O) groups excluding carboxylic acids is 1. The van der Waals surface area contributed by atoms with Crippen molar-refractivity contribution in [1.82, 2.24) is 34.8 Å². The molecule has 4 rings (SSSR count). The molecule has 0 bridgehead atoms. The zero-order valence-corrected chi connectivity index (χ0v) is 17.6. The van der Waals surface area contributed by atoms with Crippen LogP contribution in [0.4, 0.5) is 0 Å². The van der Waals surface area contributed by atoms with Gasteiger partial charge in [-0.25, -0.2) is 4.98 Å². The van der Waals surface area contributed by atoms with Crippen molar-refractivity contribution in [2.24, 2.45) is 7.05 Å². The number of aromatic nitrogens is 6. The van der Waals surface area contributed by atoms with Crippen LogP contribution in [0.2, 0.25) is 0 Å². The quantitative estimate of drug-likeness (QED) is 0.518. The van der Waals surface area contributed by atoms with Gasteiger partial charge in [0.2, 0.25) is 0 Å². The minimum atomic E-state index is -0.191. The van der Waals surface area contributed by atoms with E-state index in [4.69, 9.17) is 0 Å². The van der Waals surface area contributed by atoms with Gasteiger partial charge in [0.05, 0.1) is 11.4 Å². The second kappa shape index (κ2) is 7.98. The molecule has 3 aromatic heterocycles. The van der Waals surface area contributed by atoms with E-state index in [2.05, 4.69) is 42.3 Å². The maximum absolute atomic E-state index is 12.6. The van der Waals surface area contributed by atoms with E-state index in [0.29, 0.717) is 12.2 Å². The minimum Gasteiger partial charge on any atom is -0.347 e. The van der Waals surface area contributed by atoms with Gasteiger partial charge in [-0.15, -0.1) is 0 Å². The Hall–Kier alpha value is -3.68. The molecule has 8 nitrogen and oxygen atoms in total. The van der Waals surface area contributed by atoms with Gasteiger partial charge in [-0.05, 0) is 38.0 Å². The van der Waals surface area contributed by atoms with Crippen LogP contribution in [0.5, 0.6) is 0 Å². The lowest BCUT2D eigenvalue weighted by Crippen LogP contribution is -2.23. The van der Waals surface area contributed by atoms with Crippen molar-refractivity contribution in [3.63, 3.8) is 0 Å². The number of nitrogens with one attached hydrogen (secondary N) is 2. The third kappa shape index (κ3) is 3.89. The van der Waals surface area contributed by atoms with Gasteiger partial charge < -0.3 is 9.88 Å². The van der Waals surface area contributed by atoms with Gasteiger partial charge >= 0.3 is 0 Å². The van der Waals surface area contributed by atoms with Crippen molar-refractivity contribution in [3.05, 3.63) is 76.8 Å². The van der Waals surface area contributed by atoms with Gasteiger partial charge in [-0.1, -0.05) is 24.3 Å². The first-order valence-electron chi connectivity index (χ1n) is 9.82. The Morgan fingerprint density at radius 3 is 2.67 bits per heavy atom. The number of H-pyrrole nitrogens is 1. The number of imidazole rings is 1. The van der Waals surface area contributed by atoms with Gasteiger partial charge in [0, 0.05) is 43.8 Å². The first kappa shape index (κ1) is 19.6. The van der Waals surface area contributed by atoms with Gasteiger partial charge in [0.1, 0.15) is 11.5 Å². The van der Waals surface area contributed by atoms with Crippen molar-refractivity contribution >= 4 is 5.91 Å². The van der Waals surface area contributed by atoms with Crippen molar-refractivity contribution in [2.75, 3.05) is 0 Å². The molecule has 0 atom stereocenters. The molecule has 1 aromatic carbocycles. The molecule has 0 aliphatic heterocycles. The first-order chi connectivity index (χ1) is 14.4. The van der Waals surface area contributed by atoms with Crippen LogP contribution in [-0.2, 0) is 20.1 Å². The highest BCUT2D eigenvalue weighted by Gasteiger charge is 2.17. The average Bonchev–Trinajstić information content (AvgIpc) is 3.41. The zero-order valence-electron chi connectivity index (χ0n) is 17.6. The molecule has 4 aromatic rings. The Morgan fingerprint density at radius 1 is 1.17 bits per heavy atom. The molecule has 0 radical (unpaired) electrons. The first-order valence-corrected chi connectivity index (χ1v) is 9.82. The number of benzene rings is 1. The van der Waals surface area contributed by atoms with Crippen LogP contribution >= 0.6 is 0 Å². The van der Waals surface area contributed by atoms with Crippen molar-refractivity contribution in [3.8, 4) is 11.3 Å². The Labute approximate surface area is 175 Å². The SMILES string of the molecule is Cc1nn(C)c(C)c1-c1cc(C(=O)NCc2cccc(Cn3ccnc3C)c2)[nH]n1. The summed E-state index contributed by atoms with van der Waals surface area (Å²) >= 11 is 0. The van der Waals surface area contributed by atoms with Crippen LogP contribution in [0.1, 0.15) is 38.8 Å². The topological polar surface area (TPSA) is 93.4 Å². The predicted octanol–water partition coefficient (Wildman–Crippen LogP) is 2.91. The van der Waals surface area contributed by atoms with Gasteiger partial charge in [-0.3, -0.25) is 14.6 Å². The Morgan fingerprint density at radius 2 is 1.97 bits per heavy atom. The molecule has 154 valence electrons. The number of amides is 1. The van der Waals surface area contributed by atoms with Crippen molar-refractivity contribution in [2.45, 2.75) is 33.9 Å². The Bertz CT molecular complexity index is 1200. The molecule has 3 heterocycles. The van der Waals surface area contributed by atoms with Crippen LogP contribution in [0.15, 0.2) is 42.7 Å². The summed E-state index contributed by atoms with van der Waals surface area (Å²) in [6.45, 7) is 7.10. The lowest BCUT2D eigenvalue weighted by molar-refractivity contribution is 0.0946. The van der Waals surface area contributed by atoms with Crippen LogP contribution in [0, 0.1) is 20.8 Å². The van der Waals surface area contributed by atoms with E-state index in [1.807, 2.05) is 50.8 Å². The molecular formula is C22H25N7O. The maximum Gasteiger partial charge on any atom is 0.269 e. The predicted molar refractivity (Wildman–Crippen MR) is 114 cm³/mol.